The molecule has 0 radical (unpaired) electrons. The van der Waals surface area contributed by atoms with Gasteiger partial charge in [-0.25, -0.2) is 13.2 Å². The van der Waals surface area contributed by atoms with E-state index in [-0.39, 0.29) is 22.5 Å². The average Bonchev–Trinajstić information content (AvgIpc) is 3.20. The minimum Gasteiger partial charge on any atom is -0.343 e. The van der Waals surface area contributed by atoms with E-state index in [0.717, 1.165) is 10.5 Å². The molecule has 0 aliphatic carbocycles. The quantitative estimate of drug-likeness (QED) is 0.538. The van der Waals surface area contributed by atoms with E-state index in [2.05, 4.69) is 26.3 Å². The lowest BCUT2D eigenvalue weighted by Crippen LogP contribution is -2.42. The van der Waals surface area contributed by atoms with Gasteiger partial charge in [0.2, 0.25) is 5.91 Å². The van der Waals surface area contributed by atoms with Crippen molar-refractivity contribution in [2.45, 2.75) is 24.9 Å². The zero-order chi connectivity index (χ0) is 22.1. The van der Waals surface area contributed by atoms with Gasteiger partial charge in [0.1, 0.15) is 16.5 Å². The Balaban J connectivity index is 1.63. The largest absolute Gasteiger partial charge is 0.343 e. The predicted octanol–water partition coefficient (Wildman–Crippen LogP) is 2.93. The fraction of sp³-hybridized carbons (Fsp3) is 0.333. The molecule has 12 heteroatoms. The average molecular weight is 596 g/mol. The van der Waals surface area contributed by atoms with Gasteiger partial charge in [0.25, 0.3) is 11.8 Å². The second kappa shape index (κ2) is 8.93. The van der Waals surface area contributed by atoms with Crippen LogP contribution in [0, 0.1) is 20.7 Å². The molecule has 0 saturated carbocycles. The number of nitriles is 1. The lowest BCUT2D eigenvalue weighted by Gasteiger charge is -2.19. The van der Waals surface area contributed by atoms with E-state index >= 15 is 0 Å². The molecule has 1 aliphatic heterocycles. The molecule has 0 unspecified atom stereocenters. The monoisotopic (exact) mass is 595 g/mol. The molecule has 1 atom stereocenters. The molecule has 2 aromatic rings. The van der Waals surface area contributed by atoms with Crippen LogP contribution in [0.25, 0.3) is 0 Å². The highest BCUT2D eigenvalue weighted by atomic mass is 127. The van der Waals surface area contributed by atoms with Crippen molar-refractivity contribution < 1.29 is 22.8 Å². The van der Waals surface area contributed by atoms with Gasteiger partial charge in [0, 0.05) is 16.2 Å². The van der Waals surface area contributed by atoms with Gasteiger partial charge in [0.15, 0.2) is 0 Å². The van der Waals surface area contributed by atoms with E-state index in [4.69, 9.17) is 5.26 Å². The van der Waals surface area contributed by atoms with Gasteiger partial charge in [-0.15, -0.1) is 0 Å². The van der Waals surface area contributed by atoms with Crippen molar-refractivity contribution in [2.24, 2.45) is 0 Å². The number of likely N-dealkylation sites (tertiary alicyclic amines) is 1. The Morgan fingerprint density at radius 3 is 2.83 bits per heavy atom. The highest BCUT2D eigenvalue weighted by Gasteiger charge is 2.47. The van der Waals surface area contributed by atoms with Crippen LogP contribution >= 0.6 is 38.5 Å². The number of rotatable bonds is 5. The van der Waals surface area contributed by atoms with Gasteiger partial charge in [-0.1, -0.05) is 6.07 Å². The molecular weight excluding hydrogens is 582 g/mol. The van der Waals surface area contributed by atoms with Gasteiger partial charge in [0.05, 0.1) is 31.3 Å². The van der Waals surface area contributed by atoms with Crippen LogP contribution in [0.2, 0.25) is 0 Å². The molecule has 30 heavy (non-hydrogen) atoms. The molecule has 1 aliphatic rings. The highest BCUT2D eigenvalue weighted by Crippen LogP contribution is 2.31. The minimum absolute atomic E-state index is 0.142. The number of carbonyl (C=O) groups is 2. The summed E-state index contributed by atoms with van der Waals surface area (Å²) in [5.41, 5.74) is 0.940. The maximum Gasteiger partial charge on any atom is 0.268 e. The zero-order valence-corrected chi connectivity index (χ0v) is 19.0. The van der Waals surface area contributed by atoms with Gasteiger partial charge in [-0.2, -0.15) is 10.4 Å². The highest BCUT2D eigenvalue weighted by molar-refractivity contribution is 14.1. The number of amides is 2. The Kier molecular flexibility index (Phi) is 6.71. The Morgan fingerprint density at radius 1 is 1.43 bits per heavy atom. The van der Waals surface area contributed by atoms with E-state index in [1.54, 1.807) is 12.1 Å². The van der Waals surface area contributed by atoms with Crippen molar-refractivity contribution in [3.63, 3.8) is 0 Å². The smallest absolute Gasteiger partial charge is 0.268 e. The first kappa shape index (κ1) is 22.5. The lowest BCUT2D eigenvalue weighted by atomic mass is 10.2. The molecule has 1 aromatic heterocycles. The number of carbonyl (C=O) groups excluding carboxylic acids is 2. The summed E-state index contributed by atoms with van der Waals surface area (Å²) in [4.78, 5) is 25.4. The number of nitrogens with zero attached hydrogens (tertiary/aromatic N) is 4. The summed E-state index contributed by atoms with van der Waals surface area (Å²) in [7, 11) is 0. The summed E-state index contributed by atoms with van der Waals surface area (Å²) in [6.07, 6.45) is 0.731. The van der Waals surface area contributed by atoms with Crippen LogP contribution in [-0.4, -0.2) is 51.5 Å². The molecule has 2 amide bonds. The third-order valence-corrected chi connectivity index (χ3v) is 6.04. The second-order valence-corrected chi connectivity index (χ2v) is 8.59. The summed E-state index contributed by atoms with van der Waals surface area (Å²) in [6.45, 7) is -1.09. The van der Waals surface area contributed by atoms with E-state index in [1.807, 2.05) is 22.6 Å². The Morgan fingerprint density at radius 2 is 2.17 bits per heavy atom. The summed E-state index contributed by atoms with van der Waals surface area (Å²) in [5.74, 6) is -4.88. The molecule has 1 fully saturated rings. The predicted molar refractivity (Wildman–Crippen MR) is 111 cm³/mol. The van der Waals surface area contributed by atoms with Crippen LogP contribution < -0.4 is 5.32 Å². The van der Waals surface area contributed by atoms with Crippen LogP contribution in [0.3, 0.4) is 0 Å². The Hall–Kier alpha value is -2.14. The molecule has 7 nitrogen and oxygen atoms in total. The van der Waals surface area contributed by atoms with Crippen LogP contribution in [-0.2, 0) is 11.3 Å². The molecule has 0 bridgehead atoms. The SMILES string of the molecule is N#C[C@@H]1CC(F)(F)CN1C(=O)CNC(=O)c1cn(Cc2ccc(F)cc2I)nc1Br. The van der Waals surface area contributed by atoms with Crippen molar-refractivity contribution >= 4 is 50.3 Å². The van der Waals surface area contributed by atoms with E-state index < -0.39 is 43.3 Å². The topological polar surface area (TPSA) is 91.0 Å². The number of hydrogen-bond acceptors (Lipinski definition) is 4. The third kappa shape index (κ3) is 5.12. The number of alkyl halides is 2. The molecule has 158 valence electrons. The number of benzene rings is 1. The molecule has 2 heterocycles. The molecular formula is C18H14BrF3IN5O2. The molecule has 0 spiro atoms. The van der Waals surface area contributed by atoms with Crippen LogP contribution in [0.5, 0.6) is 0 Å². The lowest BCUT2D eigenvalue weighted by molar-refractivity contribution is -0.131. The summed E-state index contributed by atoms with van der Waals surface area (Å²) in [5, 5.41) is 15.5. The second-order valence-electron chi connectivity index (χ2n) is 6.68. The van der Waals surface area contributed by atoms with Gasteiger partial charge in [-0.05, 0) is 56.2 Å². The normalized spacial score (nSPS) is 17.6. The Labute approximate surface area is 191 Å². The van der Waals surface area contributed by atoms with Crippen molar-refractivity contribution in [3.05, 3.63) is 49.5 Å². The summed E-state index contributed by atoms with van der Waals surface area (Å²) in [6, 6.07) is 4.77. The van der Waals surface area contributed by atoms with Gasteiger partial charge < -0.3 is 10.2 Å². The van der Waals surface area contributed by atoms with Crippen LogP contribution in [0.1, 0.15) is 22.3 Å². The number of hydrogen-bond donors (Lipinski definition) is 1. The maximum atomic E-state index is 13.5. The number of halogens is 5. The fourth-order valence-electron chi connectivity index (χ4n) is 3.00. The third-order valence-electron chi connectivity index (χ3n) is 4.45. The molecule has 3 rings (SSSR count). The van der Waals surface area contributed by atoms with Crippen molar-refractivity contribution in [1.82, 2.24) is 20.0 Å². The first-order valence-corrected chi connectivity index (χ1v) is 10.5. The minimum atomic E-state index is -3.12. The maximum absolute atomic E-state index is 13.5. The fourth-order valence-corrected chi connectivity index (χ4v) is 4.14. The van der Waals surface area contributed by atoms with E-state index in [0.29, 0.717) is 3.57 Å². The van der Waals surface area contributed by atoms with Gasteiger partial charge >= 0.3 is 0 Å². The standard InChI is InChI=1S/C18H14BrF3IN5O2/c19-16-13(8-27(26-16)7-10-1-2-11(20)3-14(10)23)17(30)25-6-15(29)28-9-18(21,22)4-12(28)5-24/h1-3,8,12H,4,6-7,9H2,(H,25,30)/t12-/m0/s1. The molecule has 1 saturated heterocycles. The number of nitrogens with one attached hydrogen (secondary N) is 1. The van der Waals surface area contributed by atoms with Crippen molar-refractivity contribution in [2.75, 3.05) is 13.1 Å². The number of aromatic nitrogens is 2. The zero-order valence-electron chi connectivity index (χ0n) is 15.2. The van der Waals surface area contributed by atoms with Crippen LogP contribution in [0.4, 0.5) is 13.2 Å². The van der Waals surface area contributed by atoms with Crippen molar-refractivity contribution in [1.29, 1.82) is 5.26 Å². The summed E-state index contributed by atoms with van der Waals surface area (Å²) >= 11 is 5.18. The first-order chi connectivity index (χ1) is 14.1. The van der Waals surface area contributed by atoms with E-state index in [9.17, 15) is 22.8 Å². The van der Waals surface area contributed by atoms with Crippen molar-refractivity contribution in [3.8, 4) is 6.07 Å². The first-order valence-electron chi connectivity index (χ1n) is 8.61. The van der Waals surface area contributed by atoms with Crippen LogP contribution in [0.15, 0.2) is 29.0 Å². The molecule has 1 N–H and O–H groups in total. The van der Waals surface area contributed by atoms with E-state index in [1.165, 1.54) is 23.0 Å². The Bertz CT molecular complexity index is 1040. The molecule has 1 aromatic carbocycles. The summed E-state index contributed by atoms with van der Waals surface area (Å²) < 4.78 is 42.6. The van der Waals surface area contributed by atoms with Gasteiger partial charge in [-0.3, -0.25) is 14.3 Å².